The van der Waals surface area contributed by atoms with Crippen LogP contribution < -0.4 is 5.56 Å². The van der Waals surface area contributed by atoms with Gasteiger partial charge < -0.3 is 9.64 Å². The van der Waals surface area contributed by atoms with Gasteiger partial charge in [0.25, 0.3) is 5.56 Å². The van der Waals surface area contributed by atoms with Crippen LogP contribution in [0, 0.1) is 11.8 Å². The number of nitrogens with zero attached hydrogens (tertiary/aromatic N) is 3. The molecular weight excluding hydrogens is 290 g/mol. The van der Waals surface area contributed by atoms with Gasteiger partial charge in [0.2, 0.25) is 0 Å². The highest BCUT2D eigenvalue weighted by Crippen LogP contribution is 2.22. The molecule has 0 radical (unpaired) electrons. The highest BCUT2D eigenvalue weighted by atomic mass is 16.5. The van der Waals surface area contributed by atoms with E-state index in [1.807, 2.05) is 6.07 Å². The molecule has 2 fully saturated rings. The summed E-state index contributed by atoms with van der Waals surface area (Å²) in [5.41, 5.74) is 2.43. The zero-order valence-corrected chi connectivity index (χ0v) is 13.9. The Morgan fingerprint density at radius 2 is 2.00 bits per heavy atom. The molecule has 1 unspecified atom stereocenters. The van der Waals surface area contributed by atoms with Crippen molar-refractivity contribution in [3.63, 3.8) is 0 Å². The maximum atomic E-state index is 12.2. The van der Waals surface area contributed by atoms with Crippen molar-refractivity contribution in [3.05, 3.63) is 27.7 Å². The Balaban J connectivity index is 1.31. The van der Waals surface area contributed by atoms with E-state index in [1.54, 1.807) is 4.68 Å². The average molecular weight is 317 g/mol. The summed E-state index contributed by atoms with van der Waals surface area (Å²) in [7, 11) is 0. The van der Waals surface area contributed by atoms with Crippen LogP contribution in [-0.4, -0.2) is 47.5 Å². The molecule has 0 saturated carbocycles. The second-order valence-electron chi connectivity index (χ2n) is 7.51. The van der Waals surface area contributed by atoms with Crippen LogP contribution in [0.15, 0.2) is 10.9 Å². The third-order valence-electron chi connectivity index (χ3n) is 5.51. The van der Waals surface area contributed by atoms with Crippen molar-refractivity contribution >= 4 is 0 Å². The lowest BCUT2D eigenvalue weighted by Gasteiger charge is -2.41. The van der Waals surface area contributed by atoms with E-state index in [4.69, 9.17) is 4.74 Å². The fourth-order valence-corrected chi connectivity index (χ4v) is 4.23. The van der Waals surface area contributed by atoms with E-state index >= 15 is 0 Å². The van der Waals surface area contributed by atoms with Crippen molar-refractivity contribution in [1.29, 1.82) is 0 Å². The highest BCUT2D eigenvalue weighted by molar-refractivity contribution is 5.20. The molecular formula is C18H27N3O2. The Labute approximate surface area is 137 Å². The molecule has 0 aromatic carbocycles. The summed E-state index contributed by atoms with van der Waals surface area (Å²) in [5, 5.41) is 4.64. The van der Waals surface area contributed by atoms with Gasteiger partial charge in [-0.15, -0.1) is 0 Å². The van der Waals surface area contributed by atoms with Gasteiger partial charge in [0, 0.05) is 38.2 Å². The number of aromatic nitrogens is 2. The van der Waals surface area contributed by atoms with Crippen LogP contribution in [0.25, 0.3) is 0 Å². The van der Waals surface area contributed by atoms with Gasteiger partial charge in [0.1, 0.15) is 0 Å². The van der Waals surface area contributed by atoms with Crippen molar-refractivity contribution in [3.8, 4) is 0 Å². The molecule has 1 aromatic rings. The molecule has 23 heavy (non-hydrogen) atoms. The van der Waals surface area contributed by atoms with Gasteiger partial charge in [-0.3, -0.25) is 4.79 Å². The summed E-state index contributed by atoms with van der Waals surface area (Å²) >= 11 is 0. The number of ether oxygens (including phenoxy) is 1. The van der Waals surface area contributed by atoms with Crippen LogP contribution in [0.5, 0.6) is 0 Å². The molecule has 5 heteroatoms. The maximum absolute atomic E-state index is 12.2. The number of hydrogen-bond acceptors (Lipinski definition) is 4. The van der Waals surface area contributed by atoms with Gasteiger partial charge >= 0.3 is 0 Å². The molecule has 0 N–H and O–H groups in total. The van der Waals surface area contributed by atoms with E-state index in [0.29, 0.717) is 11.8 Å². The number of hydrogen-bond donors (Lipinski definition) is 0. The van der Waals surface area contributed by atoms with Crippen LogP contribution in [0.4, 0.5) is 0 Å². The SMILES string of the molecule is O=c1cc2c(nn1CC1CN(CC3CCCOC3)C1)CCCC2. The second-order valence-corrected chi connectivity index (χ2v) is 7.51. The number of rotatable bonds is 4. The standard InChI is InChI=1S/C18H27N3O2/c22-18-8-16-5-1-2-6-17(16)19-21(18)12-15-10-20(11-15)9-14-4-3-7-23-13-14/h8,14-15H,1-7,9-13H2. The molecule has 2 saturated heterocycles. The topological polar surface area (TPSA) is 47.4 Å². The van der Waals surface area contributed by atoms with Gasteiger partial charge in [-0.25, -0.2) is 4.68 Å². The van der Waals surface area contributed by atoms with Crippen molar-refractivity contribution in [2.24, 2.45) is 11.8 Å². The third-order valence-corrected chi connectivity index (χ3v) is 5.51. The molecule has 3 heterocycles. The zero-order chi connectivity index (χ0) is 15.6. The Kier molecular flexibility index (Phi) is 4.49. The Hall–Kier alpha value is -1.20. The first-order chi connectivity index (χ1) is 11.3. The fourth-order valence-electron chi connectivity index (χ4n) is 4.23. The monoisotopic (exact) mass is 317 g/mol. The molecule has 3 aliphatic rings. The van der Waals surface area contributed by atoms with Crippen molar-refractivity contribution in [2.45, 2.75) is 45.1 Å². The quantitative estimate of drug-likeness (QED) is 0.844. The minimum Gasteiger partial charge on any atom is -0.381 e. The van der Waals surface area contributed by atoms with E-state index in [0.717, 1.165) is 57.9 Å². The lowest BCUT2D eigenvalue weighted by Crippen LogP contribution is -2.51. The van der Waals surface area contributed by atoms with Crippen molar-refractivity contribution < 1.29 is 4.74 Å². The maximum Gasteiger partial charge on any atom is 0.267 e. The van der Waals surface area contributed by atoms with Crippen LogP contribution in [0.2, 0.25) is 0 Å². The van der Waals surface area contributed by atoms with Crippen LogP contribution in [0.3, 0.4) is 0 Å². The highest BCUT2D eigenvalue weighted by Gasteiger charge is 2.30. The summed E-state index contributed by atoms with van der Waals surface area (Å²) < 4.78 is 7.28. The van der Waals surface area contributed by atoms with Crippen molar-refractivity contribution in [2.75, 3.05) is 32.8 Å². The van der Waals surface area contributed by atoms with Gasteiger partial charge in [0.15, 0.2) is 0 Å². The van der Waals surface area contributed by atoms with E-state index in [1.165, 1.54) is 31.2 Å². The van der Waals surface area contributed by atoms with E-state index in [-0.39, 0.29) is 5.56 Å². The fraction of sp³-hybridized carbons (Fsp3) is 0.778. The summed E-state index contributed by atoms with van der Waals surface area (Å²) in [4.78, 5) is 14.7. The number of fused-ring (bicyclic) bond motifs is 1. The van der Waals surface area contributed by atoms with E-state index in [9.17, 15) is 4.79 Å². The smallest absolute Gasteiger partial charge is 0.267 e. The summed E-state index contributed by atoms with van der Waals surface area (Å²) in [6.45, 7) is 6.00. The first-order valence-electron chi connectivity index (χ1n) is 9.18. The Morgan fingerprint density at radius 1 is 1.13 bits per heavy atom. The second kappa shape index (κ2) is 6.73. The normalized spacial score (nSPS) is 25.8. The Morgan fingerprint density at radius 3 is 2.83 bits per heavy atom. The van der Waals surface area contributed by atoms with E-state index in [2.05, 4.69) is 10.00 Å². The molecule has 0 bridgehead atoms. The van der Waals surface area contributed by atoms with Gasteiger partial charge in [-0.2, -0.15) is 5.10 Å². The molecule has 1 atom stereocenters. The largest absolute Gasteiger partial charge is 0.381 e. The summed E-state index contributed by atoms with van der Waals surface area (Å²) in [6, 6.07) is 1.83. The molecule has 2 aliphatic heterocycles. The number of aryl methyl sites for hydroxylation is 2. The molecule has 126 valence electrons. The molecule has 4 rings (SSSR count). The van der Waals surface area contributed by atoms with Gasteiger partial charge in [-0.1, -0.05) is 0 Å². The third kappa shape index (κ3) is 3.50. The lowest BCUT2D eigenvalue weighted by molar-refractivity contribution is 0.00788. The molecule has 0 amide bonds. The summed E-state index contributed by atoms with van der Waals surface area (Å²) in [5.74, 6) is 1.28. The van der Waals surface area contributed by atoms with Gasteiger partial charge in [-0.05, 0) is 50.0 Å². The lowest BCUT2D eigenvalue weighted by atomic mass is 9.95. The van der Waals surface area contributed by atoms with Crippen LogP contribution in [0.1, 0.15) is 36.9 Å². The first-order valence-corrected chi connectivity index (χ1v) is 9.18. The number of likely N-dealkylation sites (tertiary alicyclic amines) is 1. The minimum absolute atomic E-state index is 0.0878. The predicted molar refractivity (Wildman–Crippen MR) is 88.6 cm³/mol. The van der Waals surface area contributed by atoms with Crippen LogP contribution in [-0.2, 0) is 24.1 Å². The molecule has 0 spiro atoms. The zero-order valence-electron chi connectivity index (χ0n) is 13.9. The Bertz CT molecular complexity index is 601. The molecule has 5 nitrogen and oxygen atoms in total. The van der Waals surface area contributed by atoms with E-state index < -0.39 is 0 Å². The average Bonchev–Trinajstić information content (AvgIpc) is 2.54. The molecule has 1 aliphatic carbocycles. The van der Waals surface area contributed by atoms with Crippen molar-refractivity contribution in [1.82, 2.24) is 14.7 Å². The molecule has 1 aromatic heterocycles. The van der Waals surface area contributed by atoms with Gasteiger partial charge in [0.05, 0.1) is 18.8 Å². The summed E-state index contributed by atoms with van der Waals surface area (Å²) in [6.07, 6.45) is 6.97. The minimum atomic E-state index is 0.0878. The predicted octanol–water partition coefficient (Wildman–Crippen LogP) is 1.48. The van der Waals surface area contributed by atoms with Crippen LogP contribution >= 0.6 is 0 Å². The first kappa shape index (κ1) is 15.3.